The lowest BCUT2D eigenvalue weighted by atomic mass is 10.0. The van der Waals surface area contributed by atoms with Crippen molar-refractivity contribution >= 4 is 11.6 Å². The highest BCUT2D eigenvalue weighted by Gasteiger charge is 2.36. The van der Waals surface area contributed by atoms with E-state index in [2.05, 4.69) is 4.98 Å². The first-order valence-corrected chi connectivity index (χ1v) is 7.05. The van der Waals surface area contributed by atoms with Crippen molar-refractivity contribution in [3.05, 3.63) is 57.9 Å². The second-order valence-corrected chi connectivity index (χ2v) is 5.30. The maximum Gasteiger partial charge on any atom is 0.419 e. The predicted molar refractivity (Wildman–Crippen MR) is 79.4 cm³/mol. The molecule has 0 aliphatic heterocycles. The van der Waals surface area contributed by atoms with E-state index < -0.39 is 16.9 Å². The molecular weight excluding hydrogens is 315 g/mol. The molecule has 0 saturated carbocycles. The van der Waals surface area contributed by atoms with E-state index in [9.17, 15) is 13.2 Å². The number of hydrogen-bond acceptors (Lipinski definition) is 2. The van der Waals surface area contributed by atoms with E-state index in [1.54, 1.807) is 7.11 Å². The van der Waals surface area contributed by atoms with Crippen LogP contribution >= 0.6 is 11.6 Å². The fourth-order valence-corrected chi connectivity index (χ4v) is 2.60. The zero-order valence-electron chi connectivity index (χ0n) is 12.2. The predicted octanol–water partition coefficient (Wildman–Crippen LogP) is 4.86. The Kier molecular flexibility index (Phi) is 4.96. The molecule has 1 aromatic heterocycles. The minimum absolute atomic E-state index is 0.0947. The van der Waals surface area contributed by atoms with Gasteiger partial charge in [0.15, 0.2) is 0 Å². The van der Waals surface area contributed by atoms with Crippen LogP contribution in [0.5, 0.6) is 5.75 Å². The van der Waals surface area contributed by atoms with Crippen LogP contribution in [0.2, 0.25) is 5.15 Å². The highest BCUT2D eigenvalue weighted by atomic mass is 35.5. The molecule has 0 unspecified atom stereocenters. The van der Waals surface area contributed by atoms with Crippen LogP contribution in [0.1, 0.15) is 22.4 Å². The topological polar surface area (TPSA) is 22.1 Å². The molecule has 0 N–H and O–H groups in total. The monoisotopic (exact) mass is 329 g/mol. The van der Waals surface area contributed by atoms with Crippen molar-refractivity contribution in [3.8, 4) is 5.75 Å². The van der Waals surface area contributed by atoms with Crippen molar-refractivity contribution in [3.63, 3.8) is 0 Å². The van der Waals surface area contributed by atoms with E-state index in [-0.39, 0.29) is 5.56 Å². The van der Waals surface area contributed by atoms with Gasteiger partial charge in [-0.2, -0.15) is 13.2 Å². The number of ether oxygens (including phenoxy) is 1. The first kappa shape index (κ1) is 16.6. The van der Waals surface area contributed by atoms with Crippen LogP contribution < -0.4 is 4.74 Å². The van der Waals surface area contributed by atoms with E-state index in [4.69, 9.17) is 16.3 Å². The first-order chi connectivity index (χ1) is 10.3. The van der Waals surface area contributed by atoms with Gasteiger partial charge >= 0.3 is 6.18 Å². The number of nitrogens with zero attached hydrogens (tertiary/aromatic N) is 1. The molecule has 0 fully saturated rings. The number of pyridine rings is 1. The normalized spacial score (nSPS) is 11.5. The molecule has 0 spiro atoms. The van der Waals surface area contributed by atoms with Gasteiger partial charge in [-0.1, -0.05) is 23.7 Å². The highest BCUT2D eigenvalue weighted by molar-refractivity contribution is 6.30. The van der Waals surface area contributed by atoms with E-state index >= 15 is 0 Å². The summed E-state index contributed by atoms with van der Waals surface area (Å²) < 4.78 is 43.6. The Morgan fingerprint density at radius 3 is 2.27 bits per heavy atom. The molecule has 6 heteroatoms. The smallest absolute Gasteiger partial charge is 0.419 e. The molecule has 0 atom stereocenters. The SMILES string of the molecule is COc1ccc(CCc2cc(C)c(C(F)(F)F)c(Cl)n2)cc1. The molecule has 2 rings (SSSR count). The van der Waals surface area contributed by atoms with Crippen molar-refractivity contribution in [2.75, 3.05) is 7.11 Å². The third kappa shape index (κ3) is 3.91. The van der Waals surface area contributed by atoms with Crippen molar-refractivity contribution in [1.29, 1.82) is 0 Å². The summed E-state index contributed by atoms with van der Waals surface area (Å²) in [5, 5.41) is -0.489. The molecule has 2 nitrogen and oxygen atoms in total. The van der Waals surface area contributed by atoms with Crippen LogP contribution in [0.15, 0.2) is 30.3 Å². The zero-order chi connectivity index (χ0) is 16.3. The van der Waals surface area contributed by atoms with Crippen LogP contribution in [0.3, 0.4) is 0 Å². The molecule has 0 bridgehead atoms. The Hall–Kier alpha value is -1.75. The van der Waals surface area contributed by atoms with Gasteiger partial charge in [0.25, 0.3) is 0 Å². The molecule has 118 valence electrons. The lowest BCUT2D eigenvalue weighted by Crippen LogP contribution is -2.11. The van der Waals surface area contributed by atoms with E-state index in [0.29, 0.717) is 18.5 Å². The van der Waals surface area contributed by atoms with Crippen LogP contribution in [-0.4, -0.2) is 12.1 Å². The number of aryl methyl sites for hydroxylation is 3. The van der Waals surface area contributed by atoms with Gasteiger partial charge in [-0.3, -0.25) is 0 Å². The Morgan fingerprint density at radius 1 is 1.14 bits per heavy atom. The van der Waals surface area contributed by atoms with Gasteiger partial charge in [-0.05, 0) is 49.1 Å². The van der Waals surface area contributed by atoms with Crippen LogP contribution in [-0.2, 0) is 19.0 Å². The molecule has 0 radical (unpaired) electrons. The fourth-order valence-electron chi connectivity index (χ4n) is 2.23. The molecule has 0 saturated heterocycles. The summed E-state index contributed by atoms with van der Waals surface area (Å²) in [5.41, 5.74) is 0.835. The maximum absolute atomic E-state index is 12.8. The Morgan fingerprint density at radius 2 is 1.77 bits per heavy atom. The number of benzene rings is 1. The van der Waals surface area contributed by atoms with Gasteiger partial charge in [0, 0.05) is 5.69 Å². The summed E-state index contributed by atoms with van der Waals surface area (Å²) in [6.07, 6.45) is -3.30. The highest BCUT2D eigenvalue weighted by Crippen LogP contribution is 2.36. The first-order valence-electron chi connectivity index (χ1n) is 6.67. The van der Waals surface area contributed by atoms with Crippen molar-refractivity contribution in [2.45, 2.75) is 25.9 Å². The van der Waals surface area contributed by atoms with Crippen LogP contribution in [0, 0.1) is 6.92 Å². The third-order valence-electron chi connectivity index (χ3n) is 3.34. The van der Waals surface area contributed by atoms with E-state index in [1.807, 2.05) is 24.3 Å². The van der Waals surface area contributed by atoms with Gasteiger partial charge in [-0.15, -0.1) is 0 Å². The number of methoxy groups -OCH3 is 1. The molecule has 2 aromatic rings. The third-order valence-corrected chi connectivity index (χ3v) is 3.61. The molecule has 1 heterocycles. The van der Waals surface area contributed by atoms with Gasteiger partial charge in [0.05, 0.1) is 12.7 Å². The Labute approximate surface area is 131 Å². The summed E-state index contributed by atoms with van der Waals surface area (Å²) in [6.45, 7) is 1.40. The Balaban J connectivity index is 2.13. The summed E-state index contributed by atoms with van der Waals surface area (Å²) in [6, 6.07) is 8.95. The number of rotatable bonds is 4. The average Bonchev–Trinajstić information content (AvgIpc) is 2.43. The van der Waals surface area contributed by atoms with Crippen LogP contribution in [0.4, 0.5) is 13.2 Å². The second-order valence-electron chi connectivity index (χ2n) is 4.94. The number of halogens is 4. The van der Waals surface area contributed by atoms with Crippen molar-refractivity contribution < 1.29 is 17.9 Å². The summed E-state index contributed by atoms with van der Waals surface area (Å²) in [4.78, 5) is 3.87. The minimum atomic E-state index is -4.48. The second kappa shape index (κ2) is 6.57. The lowest BCUT2D eigenvalue weighted by Gasteiger charge is -2.13. The summed E-state index contributed by atoms with van der Waals surface area (Å²) in [5.74, 6) is 0.760. The molecule has 0 aliphatic rings. The lowest BCUT2D eigenvalue weighted by molar-refractivity contribution is -0.138. The maximum atomic E-state index is 12.8. The fraction of sp³-hybridized carbons (Fsp3) is 0.312. The van der Waals surface area contributed by atoms with Gasteiger partial charge in [0.1, 0.15) is 10.9 Å². The largest absolute Gasteiger partial charge is 0.497 e. The van der Waals surface area contributed by atoms with Crippen molar-refractivity contribution in [2.24, 2.45) is 0 Å². The van der Waals surface area contributed by atoms with Gasteiger partial charge in [-0.25, -0.2) is 4.98 Å². The molecule has 1 aromatic carbocycles. The molecule has 22 heavy (non-hydrogen) atoms. The zero-order valence-corrected chi connectivity index (χ0v) is 12.9. The quantitative estimate of drug-likeness (QED) is 0.748. The standard InChI is InChI=1S/C16H15ClF3NO/c1-10-9-12(21-15(17)14(10)16(18,19)20)6-3-11-4-7-13(22-2)8-5-11/h4-5,7-9H,3,6H2,1-2H3. The average molecular weight is 330 g/mol. The minimum Gasteiger partial charge on any atom is -0.497 e. The Bertz CT molecular complexity index is 630. The summed E-state index contributed by atoms with van der Waals surface area (Å²) in [7, 11) is 1.59. The van der Waals surface area contributed by atoms with Gasteiger partial charge in [0.2, 0.25) is 0 Å². The molecular formula is C16H15ClF3NO. The number of alkyl halides is 3. The number of hydrogen-bond donors (Lipinski definition) is 0. The van der Waals surface area contributed by atoms with Gasteiger partial charge < -0.3 is 4.74 Å². The van der Waals surface area contributed by atoms with E-state index in [1.165, 1.54) is 13.0 Å². The van der Waals surface area contributed by atoms with Crippen molar-refractivity contribution in [1.82, 2.24) is 4.98 Å². The molecule has 0 amide bonds. The van der Waals surface area contributed by atoms with E-state index in [0.717, 1.165) is 11.3 Å². The molecule has 0 aliphatic carbocycles. The summed E-state index contributed by atoms with van der Waals surface area (Å²) >= 11 is 5.69. The van der Waals surface area contributed by atoms with Crippen LogP contribution in [0.25, 0.3) is 0 Å². The number of aromatic nitrogens is 1.